The van der Waals surface area contributed by atoms with Gasteiger partial charge in [-0.05, 0) is 51.4 Å². The van der Waals surface area contributed by atoms with Gasteiger partial charge < -0.3 is 9.84 Å². The molecule has 1 unspecified atom stereocenters. The van der Waals surface area contributed by atoms with Crippen LogP contribution in [0.4, 0.5) is 0 Å². The molecule has 27 heavy (non-hydrogen) atoms. The lowest BCUT2D eigenvalue weighted by Gasteiger charge is -2.40. The molecule has 5 nitrogen and oxygen atoms in total. The molecular weight excluding hydrogens is 480 g/mol. The number of fused-ring (bicyclic) bond motifs is 2. The van der Waals surface area contributed by atoms with Crippen molar-refractivity contribution < 1.29 is 24.2 Å². The Bertz CT molecular complexity index is 1010. The largest absolute Gasteiger partial charge is 0.486 e. The number of alkyl halides is 1. The highest BCUT2D eigenvalue weighted by Gasteiger charge is 2.44. The number of carbonyl (C=O) groups is 3. The van der Waals surface area contributed by atoms with Crippen molar-refractivity contribution >= 4 is 55.0 Å². The van der Waals surface area contributed by atoms with Crippen LogP contribution in [0.3, 0.4) is 0 Å². The van der Waals surface area contributed by atoms with E-state index in [1.165, 1.54) is 18.2 Å². The van der Waals surface area contributed by atoms with E-state index in [1.54, 1.807) is 30.4 Å². The Morgan fingerprint density at radius 1 is 1.11 bits per heavy atom. The molecule has 0 spiro atoms. The zero-order chi connectivity index (χ0) is 19.3. The molecule has 4 rings (SSSR count). The number of carbonyl (C=O) groups excluding carboxylic acids is 2. The molecular formula is C20H12Br2O5. The highest BCUT2D eigenvalue weighted by atomic mass is 79.9. The van der Waals surface area contributed by atoms with Crippen LogP contribution in [0.1, 0.15) is 15.9 Å². The summed E-state index contributed by atoms with van der Waals surface area (Å²) in [7, 11) is 0. The first kappa shape index (κ1) is 18.1. The normalized spacial score (nSPS) is 26.7. The van der Waals surface area contributed by atoms with Crippen molar-refractivity contribution in [2.75, 3.05) is 0 Å². The predicted octanol–water partition coefficient (Wildman–Crippen LogP) is 3.80. The number of rotatable bonds is 2. The van der Waals surface area contributed by atoms with Gasteiger partial charge in [0.1, 0.15) is 21.2 Å². The highest BCUT2D eigenvalue weighted by molar-refractivity contribution is 9.12. The van der Waals surface area contributed by atoms with Crippen LogP contribution in [-0.4, -0.2) is 33.6 Å². The van der Waals surface area contributed by atoms with Crippen LogP contribution in [0.15, 0.2) is 64.4 Å². The van der Waals surface area contributed by atoms with Gasteiger partial charge in [0.05, 0.1) is 5.56 Å². The Balaban J connectivity index is 2.04. The molecule has 2 aliphatic carbocycles. The van der Waals surface area contributed by atoms with Crippen LogP contribution < -0.4 is 0 Å². The van der Waals surface area contributed by atoms with Gasteiger partial charge in [-0.2, -0.15) is 0 Å². The number of benzene rings is 1. The molecule has 3 aliphatic rings. The lowest BCUT2D eigenvalue weighted by atomic mass is 9.76. The lowest BCUT2D eigenvalue weighted by Crippen LogP contribution is -2.43. The van der Waals surface area contributed by atoms with Gasteiger partial charge in [0, 0.05) is 11.5 Å². The summed E-state index contributed by atoms with van der Waals surface area (Å²) in [6.07, 6.45) is 5.68. The van der Waals surface area contributed by atoms with Crippen molar-refractivity contribution in [3.8, 4) is 0 Å². The first-order valence-corrected chi connectivity index (χ1v) is 9.83. The topological polar surface area (TPSA) is 80.7 Å². The van der Waals surface area contributed by atoms with Gasteiger partial charge in [0.2, 0.25) is 0 Å². The smallest absolute Gasteiger partial charge is 0.336 e. The molecule has 0 aromatic heterocycles. The number of ether oxygens (including phenoxy) is 1. The Morgan fingerprint density at radius 3 is 2.59 bits per heavy atom. The quantitative estimate of drug-likeness (QED) is 0.636. The predicted molar refractivity (Wildman–Crippen MR) is 106 cm³/mol. The molecule has 0 saturated carbocycles. The number of allylic oxidation sites excluding steroid dienone is 4. The summed E-state index contributed by atoms with van der Waals surface area (Å²) in [5.41, 5.74) is 2.04. The molecule has 0 amide bonds. The number of ketones is 2. The monoisotopic (exact) mass is 490 g/mol. The second kappa shape index (κ2) is 6.73. The fourth-order valence-electron chi connectivity index (χ4n) is 3.55. The van der Waals surface area contributed by atoms with E-state index in [9.17, 15) is 19.5 Å². The SMILES string of the molecule is O=C1C=CC2=C(c3ccccc3C(=O)O)[C@@H]3C=CC(=O)C(Br)[C@@H]3OC2=C1Br. The van der Waals surface area contributed by atoms with Crippen LogP contribution in [0.25, 0.3) is 5.57 Å². The van der Waals surface area contributed by atoms with Crippen LogP contribution in [0, 0.1) is 5.92 Å². The molecule has 1 N–H and O–H groups in total. The molecule has 0 bridgehead atoms. The maximum atomic E-state index is 12.1. The molecule has 3 atom stereocenters. The fraction of sp³-hybridized carbons (Fsp3) is 0.150. The van der Waals surface area contributed by atoms with E-state index in [-0.39, 0.29) is 27.5 Å². The summed E-state index contributed by atoms with van der Waals surface area (Å²) >= 11 is 6.67. The standard InChI is InChI=1S/C20H12Br2O5/c21-16-13(23)7-5-11-15(9-3-1-2-4-10(9)20(25)26)12-6-8-14(24)17(22)19(12)27-18(11)16/h1-8,11,16,18H,(H,25,26)/t11-,16?,18+/m0/s1. The minimum Gasteiger partial charge on any atom is -0.486 e. The minimum atomic E-state index is -1.05. The third-order valence-corrected chi connectivity index (χ3v) is 6.49. The second-order valence-corrected chi connectivity index (χ2v) is 8.07. The van der Waals surface area contributed by atoms with Crippen LogP contribution in [0.5, 0.6) is 0 Å². The Labute approximate surface area is 171 Å². The van der Waals surface area contributed by atoms with Crippen LogP contribution in [-0.2, 0) is 14.3 Å². The summed E-state index contributed by atoms with van der Waals surface area (Å²) in [5.74, 6) is -1.45. The van der Waals surface area contributed by atoms with E-state index in [4.69, 9.17) is 4.74 Å². The first-order valence-electron chi connectivity index (χ1n) is 8.12. The molecule has 1 aromatic carbocycles. The maximum absolute atomic E-state index is 12.1. The van der Waals surface area contributed by atoms with Crippen molar-refractivity contribution in [3.05, 3.63) is 75.5 Å². The average Bonchev–Trinajstić information content (AvgIpc) is 2.66. The molecule has 0 fully saturated rings. The summed E-state index contributed by atoms with van der Waals surface area (Å²) in [5, 5.41) is 9.65. The summed E-state index contributed by atoms with van der Waals surface area (Å²) in [4.78, 5) is 35.4. The zero-order valence-corrected chi connectivity index (χ0v) is 16.9. The fourth-order valence-corrected chi connectivity index (χ4v) is 4.58. The summed E-state index contributed by atoms with van der Waals surface area (Å²) in [6, 6.07) is 6.70. The lowest BCUT2D eigenvalue weighted by molar-refractivity contribution is -0.116. The number of aromatic carboxylic acids is 1. The maximum Gasteiger partial charge on any atom is 0.336 e. The van der Waals surface area contributed by atoms with Gasteiger partial charge in [0.15, 0.2) is 11.6 Å². The van der Waals surface area contributed by atoms with Crippen LogP contribution in [0.2, 0.25) is 0 Å². The third-order valence-electron chi connectivity index (χ3n) is 4.77. The molecule has 0 saturated heterocycles. The van der Waals surface area contributed by atoms with Crippen molar-refractivity contribution in [3.63, 3.8) is 0 Å². The van der Waals surface area contributed by atoms with Gasteiger partial charge in [-0.1, -0.05) is 40.2 Å². The highest BCUT2D eigenvalue weighted by Crippen LogP contribution is 2.47. The molecule has 0 radical (unpaired) electrons. The van der Waals surface area contributed by atoms with Crippen molar-refractivity contribution in [2.24, 2.45) is 5.92 Å². The molecule has 7 heteroatoms. The van der Waals surface area contributed by atoms with Gasteiger partial charge >= 0.3 is 5.97 Å². The summed E-state index contributed by atoms with van der Waals surface area (Å²) in [6.45, 7) is 0. The third kappa shape index (κ3) is 2.85. The van der Waals surface area contributed by atoms with Crippen molar-refractivity contribution in [1.29, 1.82) is 0 Å². The Kier molecular flexibility index (Phi) is 4.52. The van der Waals surface area contributed by atoms with Gasteiger partial charge in [-0.25, -0.2) is 4.79 Å². The number of halogens is 2. The van der Waals surface area contributed by atoms with E-state index in [0.717, 1.165) is 0 Å². The van der Waals surface area contributed by atoms with E-state index < -0.39 is 16.9 Å². The van der Waals surface area contributed by atoms with E-state index in [1.807, 2.05) is 0 Å². The van der Waals surface area contributed by atoms with Gasteiger partial charge in [-0.3, -0.25) is 9.59 Å². The molecule has 1 heterocycles. The second-order valence-electron chi connectivity index (χ2n) is 6.29. The van der Waals surface area contributed by atoms with Crippen LogP contribution >= 0.6 is 31.9 Å². The van der Waals surface area contributed by atoms with E-state index in [0.29, 0.717) is 22.5 Å². The van der Waals surface area contributed by atoms with E-state index in [2.05, 4.69) is 31.9 Å². The number of carboxylic acid groups (broad SMARTS) is 1. The Hall–Kier alpha value is -2.25. The van der Waals surface area contributed by atoms with Gasteiger partial charge in [-0.15, -0.1) is 0 Å². The number of hydrogen-bond donors (Lipinski definition) is 1. The zero-order valence-electron chi connectivity index (χ0n) is 13.7. The summed E-state index contributed by atoms with van der Waals surface area (Å²) < 4.78 is 6.30. The van der Waals surface area contributed by atoms with Gasteiger partial charge in [0.25, 0.3) is 0 Å². The number of hydrogen-bond acceptors (Lipinski definition) is 4. The van der Waals surface area contributed by atoms with Crippen molar-refractivity contribution in [1.82, 2.24) is 0 Å². The van der Waals surface area contributed by atoms with E-state index >= 15 is 0 Å². The molecule has 1 aliphatic heterocycles. The van der Waals surface area contributed by atoms with Crippen molar-refractivity contribution in [2.45, 2.75) is 10.9 Å². The average molecular weight is 492 g/mol. The number of carboxylic acids is 1. The molecule has 136 valence electrons. The minimum absolute atomic E-state index is 0.139. The first-order chi connectivity index (χ1) is 12.9. The molecule has 1 aromatic rings. The Morgan fingerprint density at radius 2 is 1.85 bits per heavy atom.